The van der Waals surface area contributed by atoms with Crippen molar-refractivity contribution in [2.45, 2.75) is 6.42 Å². The van der Waals surface area contributed by atoms with Crippen molar-refractivity contribution < 1.29 is 8.78 Å². The van der Waals surface area contributed by atoms with Gasteiger partial charge in [0, 0.05) is 12.2 Å². The Labute approximate surface area is 86.7 Å². The predicted molar refractivity (Wildman–Crippen MR) is 56.1 cm³/mol. The molecular weight excluding hydrogens is 204 g/mol. The van der Waals surface area contributed by atoms with Gasteiger partial charge in [-0.1, -0.05) is 11.8 Å². The van der Waals surface area contributed by atoms with Crippen molar-refractivity contribution in [1.82, 2.24) is 0 Å². The molecular formula is C10H9F2NS. The van der Waals surface area contributed by atoms with E-state index in [9.17, 15) is 8.78 Å². The number of hydrogen-bond acceptors (Lipinski definition) is 2. The Morgan fingerprint density at radius 1 is 1.36 bits per heavy atom. The highest BCUT2D eigenvalue weighted by atomic mass is 32.1. The van der Waals surface area contributed by atoms with Gasteiger partial charge in [0.2, 0.25) is 0 Å². The number of nitrogen functional groups attached to an aromatic ring is 1. The molecule has 0 fully saturated rings. The smallest absolute Gasteiger partial charge is 0.176 e. The molecule has 0 saturated heterocycles. The van der Waals surface area contributed by atoms with Crippen LogP contribution in [-0.4, -0.2) is 5.75 Å². The number of thiol groups is 1. The predicted octanol–water partition coefficient (Wildman–Crippen LogP) is 2.22. The van der Waals surface area contributed by atoms with Crippen molar-refractivity contribution in [3.63, 3.8) is 0 Å². The lowest BCUT2D eigenvalue weighted by molar-refractivity contribution is 0.507. The summed E-state index contributed by atoms with van der Waals surface area (Å²) in [6, 6.07) is 2.28. The fourth-order valence-corrected chi connectivity index (χ4v) is 1.01. The molecule has 1 rings (SSSR count). The molecule has 0 bridgehead atoms. The number of rotatable bonds is 1. The van der Waals surface area contributed by atoms with Crippen LogP contribution in [0.15, 0.2) is 12.1 Å². The first-order chi connectivity index (χ1) is 6.66. The average Bonchev–Trinajstić information content (AvgIpc) is 2.18. The van der Waals surface area contributed by atoms with E-state index in [-0.39, 0.29) is 11.3 Å². The van der Waals surface area contributed by atoms with E-state index in [4.69, 9.17) is 5.73 Å². The minimum atomic E-state index is -0.989. The van der Waals surface area contributed by atoms with E-state index in [0.29, 0.717) is 12.2 Å². The summed E-state index contributed by atoms with van der Waals surface area (Å²) < 4.78 is 25.9. The normalized spacial score (nSPS) is 9.36. The molecule has 0 heterocycles. The lowest BCUT2D eigenvalue weighted by Crippen LogP contribution is -1.96. The van der Waals surface area contributed by atoms with Crippen LogP contribution in [0.3, 0.4) is 0 Å². The van der Waals surface area contributed by atoms with E-state index in [0.717, 1.165) is 6.07 Å². The summed E-state index contributed by atoms with van der Waals surface area (Å²) in [5.41, 5.74) is 5.52. The minimum absolute atomic E-state index is 0.0771. The van der Waals surface area contributed by atoms with Gasteiger partial charge in [0.25, 0.3) is 0 Å². The second-order valence-electron chi connectivity index (χ2n) is 2.60. The summed E-state index contributed by atoms with van der Waals surface area (Å²) in [6.45, 7) is 0. The van der Waals surface area contributed by atoms with Crippen LogP contribution >= 0.6 is 12.6 Å². The molecule has 0 saturated carbocycles. The molecule has 0 spiro atoms. The second-order valence-corrected chi connectivity index (χ2v) is 3.05. The molecule has 0 aliphatic rings. The molecule has 1 aromatic carbocycles. The maximum atomic E-state index is 13.1. The number of benzene rings is 1. The Morgan fingerprint density at radius 2 is 2.07 bits per heavy atom. The summed E-state index contributed by atoms with van der Waals surface area (Å²) in [5, 5.41) is 0. The molecule has 0 radical (unpaired) electrons. The van der Waals surface area contributed by atoms with Crippen molar-refractivity contribution in [3.05, 3.63) is 29.3 Å². The zero-order valence-electron chi connectivity index (χ0n) is 7.35. The minimum Gasteiger partial charge on any atom is -0.398 e. The standard InChI is InChI=1S/C10H9F2NS/c11-8-4-5-9(13)7(10(8)12)3-1-2-6-14/h4-5,14H,2,6,13H2. The lowest BCUT2D eigenvalue weighted by atomic mass is 10.1. The number of halogens is 2. The Bertz CT molecular complexity index is 393. The molecule has 1 nitrogen and oxygen atoms in total. The van der Waals surface area contributed by atoms with Crippen molar-refractivity contribution >= 4 is 18.3 Å². The molecule has 74 valence electrons. The molecule has 0 aromatic heterocycles. The van der Waals surface area contributed by atoms with E-state index < -0.39 is 11.6 Å². The third kappa shape index (κ3) is 2.39. The van der Waals surface area contributed by atoms with Crippen LogP contribution in [0.25, 0.3) is 0 Å². The van der Waals surface area contributed by atoms with Gasteiger partial charge in [-0.05, 0) is 12.1 Å². The highest BCUT2D eigenvalue weighted by Gasteiger charge is 2.08. The van der Waals surface area contributed by atoms with Crippen molar-refractivity contribution in [3.8, 4) is 11.8 Å². The van der Waals surface area contributed by atoms with Gasteiger partial charge in [-0.25, -0.2) is 8.78 Å². The summed E-state index contributed by atoms with van der Waals surface area (Å²) in [7, 11) is 0. The number of nitrogens with two attached hydrogens (primary N) is 1. The molecule has 4 heteroatoms. The summed E-state index contributed by atoms with van der Waals surface area (Å²) >= 11 is 3.94. The molecule has 0 unspecified atom stereocenters. The lowest BCUT2D eigenvalue weighted by Gasteiger charge is -2.00. The van der Waals surface area contributed by atoms with Crippen LogP contribution < -0.4 is 5.73 Å². The van der Waals surface area contributed by atoms with Crippen LogP contribution in [0.1, 0.15) is 12.0 Å². The molecule has 0 aliphatic carbocycles. The average molecular weight is 213 g/mol. The van der Waals surface area contributed by atoms with Crippen LogP contribution in [0.5, 0.6) is 0 Å². The third-order valence-electron chi connectivity index (χ3n) is 1.58. The highest BCUT2D eigenvalue weighted by Crippen LogP contribution is 2.17. The van der Waals surface area contributed by atoms with Gasteiger partial charge < -0.3 is 5.73 Å². The van der Waals surface area contributed by atoms with Gasteiger partial charge >= 0.3 is 0 Å². The summed E-state index contributed by atoms with van der Waals surface area (Å²) in [5.74, 6) is 3.78. The quantitative estimate of drug-likeness (QED) is 0.417. The fraction of sp³-hybridized carbons (Fsp3) is 0.200. The van der Waals surface area contributed by atoms with Crippen LogP contribution in [0, 0.1) is 23.5 Å². The van der Waals surface area contributed by atoms with Crippen LogP contribution in [0.2, 0.25) is 0 Å². The van der Waals surface area contributed by atoms with Crippen molar-refractivity contribution in [2.24, 2.45) is 0 Å². The maximum Gasteiger partial charge on any atom is 0.176 e. The highest BCUT2D eigenvalue weighted by molar-refractivity contribution is 7.80. The molecule has 0 amide bonds. The van der Waals surface area contributed by atoms with Gasteiger partial charge in [0.15, 0.2) is 11.6 Å². The second kappa shape index (κ2) is 4.87. The van der Waals surface area contributed by atoms with Crippen LogP contribution in [0.4, 0.5) is 14.5 Å². The van der Waals surface area contributed by atoms with E-state index >= 15 is 0 Å². The van der Waals surface area contributed by atoms with E-state index in [1.165, 1.54) is 6.07 Å². The van der Waals surface area contributed by atoms with Gasteiger partial charge in [0.05, 0.1) is 11.3 Å². The van der Waals surface area contributed by atoms with Crippen LogP contribution in [-0.2, 0) is 0 Å². The van der Waals surface area contributed by atoms with E-state index in [2.05, 4.69) is 24.5 Å². The molecule has 1 aromatic rings. The fourth-order valence-electron chi connectivity index (χ4n) is 0.899. The Balaban J connectivity index is 3.08. The maximum absolute atomic E-state index is 13.1. The Morgan fingerprint density at radius 3 is 2.71 bits per heavy atom. The molecule has 0 atom stereocenters. The number of hydrogen-bond donors (Lipinski definition) is 2. The van der Waals surface area contributed by atoms with Gasteiger partial charge in [-0.2, -0.15) is 12.6 Å². The summed E-state index contributed by atoms with van der Waals surface area (Å²) in [6.07, 6.45) is 0.512. The van der Waals surface area contributed by atoms with Crippen molar-refractivity contribution in [1.29, 1.82) is 0 Å². The van der Waals surface area contributed by atoms with Crippen molar-refractivity contribution in [2.75, 3.05) is 11.5 Å². The summed E-state index contributed by atoms with van der Waals surface area (Å²) in [4.78, 5) is 0. The van der Waals surface area contributed by atoms with E-state index in [1.807, 2.05) is 0 Å². The zero-order chi connectivity index (χ0) is 10.6. The number of anilines is 1. The molecule has 14 heavy (non-hydrogen) atoms. The molecule has 0 aliphatic heterocycles. The monoisotopic (exact) mass is 213 g/mol. The Kier molecular flexibility index (Phi) is 3.78. The van der Waals surface area contributed by atoms with Gasteiger partial charge in [0.1, 0.15) is 0 Å². The SMILES string of the molecule is Nc1ccc(F)c(F)c1C#CCCS. The largest absolute Gasteiger partial charge is 0.398 e. The third-order valence-corrected chi connectivity index (χ3v) is 1.80. The first-order valence-corrected chi connectivity index (χ1v) is 4.63. The first-order valence-electron chi connectivity index (χ1n) is 4.00. The zero-order valence-corrected chi connectivity index (χ0v) is 8.24. The first kappa shape index (κ1) is 10.9. The van der Waals surface area contributed by atoms with E-state index in [1.54, 1.807) is 0 Å². The molecule has 2 N–H and O–H groups in total. The topological polar surface area (TPSA) is 26.0 Å². The Hall–Kier alpha value is -1.21. The van der Waals surface area contributed by atoms with Gasteiger partial charge in [-0.15, -0.1) is 0 Å². The van der Waals surface area contributed by atoms with Gasteiger partial charge in [-0.3, -0.25) is 0 Å².